The maximum Gasteiger partial charge on any atom is 0.405 e. The summed E-state index contributed by atoms with van der Waals surface area (Å²) in [6.45, 7) is 4.18. The third kappa shape index (κ3) is 4.50. The van der Waals surface area contributed by atoms with E-state index < -0.39 is 30.4 Å². The number of aliphatic hydroxyl groups is 1. The molecule has 0 saturated carbocycles. The minimum atomic E-state index is -1.24. The molecule has 0 aromatic heterocycles. The SMILES string of the molecule is CC(C)C[C@H](NC(=O)O)C(=O)NC1CCO[C@@H]1O. The molecule has 1 aliphatic rings. The summed E-state index contributed by atoms with van der Waals surface area (Å²) in [5.74, 6) is -0.252. The van der Waals surface area contributed by atoms with Gasteiger partial charge in [0.1, 0.15) is 6.04 Å². The quantitative estimate of drug-likeness (QED) is 0.551. The highest BCUT2D eigenvalue weighted by molar-refractivity contribution is 5.85. The Bertz CT molecular complexity index is 308. The Morgan fingerprint density at radius 3 is 2.56 bits per heavy atom. The minimum Gasteiger partial charge on any atom is -0.465 e. The molecular formula is C11H20N2O5. The molecule has 7 heteroatoms. The standard InChI is InChI=1S/C11H20N2O5/c1-6(2)5-8(13-11(16)17)9(14)12-7-3-4-18-10(7)15/h6-8,10,13,15H,3-5H2,1-2H3,(H,12,14)(H,16,17)/t7?,8-,10-/m0/s1. The van der Waals surface area contributed by atoms with Crippen LogP contribution >= 0.6 is 0 Å². The van der Waals surface area contributed by atoms with Crippen LogP contribution in [0.5, 0.6) is 0 Å². The summed E-state index contributed by atoms with van der Waals surface area (Å²) in [7, 11) is 0. The number of nitrogens with one attached hydrogen (secondary N) is 2. The number of carbonyl (C=O) groups is 2. The van der Waals surface area contributed by atoms with Crippen molar-refractivity contribution in [3.05, 3.63) is 0 Å². The Kier molecular flexibility index (Phi) is 5.36. The number of amides is 2. The lowest BCUT2D eigenvalue weighted by molar-refractivity contribution is -0.127. The molecule has 0 radical (unpaired) electrons. The van der Waals surface area contributed by atoms with Gasteiger partial charge < -0.3 is 25.6 Å². The molecular weight excluding hydrogens is 240 g/mol. The van der Waals surface area contributed by atoms with Crippen LogP contribution in [0.4, 0.5) is 4.79 Å². The van der Waals surface area contributed by atoms with Crippen molar-refractivity contribution in [2.24, 2.45) is 5.92 Å². The van der Waals surface area contributed by atoms with Crippen molar-refractivity contribution in [2.45, 2.75) is 45.1 Å². The molecule has 4 N–H and O–H groups in total. The van der Waals surface area contributed by atoms with Crippen molar-refractivity contribution in [2.75, 3.05) is 6.61 Å². The van der Waals surface area contributed by atoms with Crippen molar-refractivity contribution in [3.8, 4) is 0 Å². The summed E-state index contributed by atoms with van der Waals surface area (Å²) in [5.41, 5.74) is 0. The third-order valence-corrected chi connectivity index (χ3v) is 2.71. The molecule has 0 aliphatic carbocycles. The van der Waals surface area contributed by atoms with Crippen LogP contribution in [0.25, 0.3) is 0 Å². The molecule has 3 atom stereocenters. The molecule has 0 aromatic carbocycles. The summed E-state index contributed by atoms with van der Waals surface area (Å²) in [4.78, 5) is 22.5. The smallest absolute Gasteiger partial charge is 0.405 e. The summed E-state index contributed by atoms with van der Waals surface area (Å²) in [5, 5.41) is 22.9. The number of rotatable bonds is 5. The summed E-state index contributed by atoms with van der Waals surface area (Å²) >= 11 is 0. The predicted molar refractivity (Wildman–Crippen MR) is 62.9 cm³/mol. The van der Waals surface area contributed by atoms with E-state index >= 15 is 0 Å². The van der Waals surface area contributed by atoms with Crippen LogP contribution in [0, 0.1) is 5.92 Å². The molecule has 1 heterocycles. The summed E-state index contributed by atoms with van der Waals surface area (Å²) in [6, 6.07) is -1.28. The number of carboxylic acid groups (broad SMARTS) is 1. The molecule has 18 heavy (non-hydrogen) atoms. The van der Waals surface area contributed by atoms with E-state index in [2.05, 4.69) is 10.6 Å². The van der Waals surface area contributed by atoms with Crippen molar-refractivity contribution < 1.29 is 24.5 Å². The molecule has 7 nitrogen and oxygen atoms in total. The highest BCUT2D eigenvalue weighted by Gasteiger charge is 2.30. The number of aliphatic hydroxyl groups excluding tert-OH is 1. The van der Waals surface area contributed by atoms with Crippen molar-refractivity contribution in [3.63, 3.8) is 0 Å². The monoisotopic (exact) mass is 260 g/mol. The molecule has 0 spiro atoms. The van der Waals surface area contributed by atoms with Gasteiger partial charge in [0, 0.05) is 0 Å². The maximum absolute atomic E-state index is 11.9. The normalized spacial score (nSPS) is 24.9. The molecule has 2 amide bonds. The fourth-order valence-electron chi connectivity index (χ4n) is 1.85. The van der Waals surface area contributed by atoms with E-state index in [1.54, 1.807) is 0 Å². The summed E-state index contributed by atoms with van der Waals surface area (Å²) < 4.78 is 4.91. The van der Waals surface area contributed by atoms with Crippen LogP contribution < -0.4 is 10.6 Å². The Morgan fingerprint density at radius 2 is 2.11 bits per heavy atom. The van der Waals surface area contributed by atoms with Crippen molar-refractivity contribution in [1.29, 1.82) is 0 Å². The van der Waals surface area contributed by atoms with Crippen LogP contribution in [0.2, 0.25) is 0 Å². The van der Waals surface area contributed by atoms with Gasteiger partial charge in [-0.05, 0) is 18.8 Å². The van der Waals surface area contributed by atoms with E-state index in [4.69, 9.17) is 9.84 Å². The zero-order valence-corrected chi connectivity index (χ0v) is 10.5. The second-order valence-corrected chi connectivity index (χ2v) is 4.80. The van der Waals surface area contributed by atoms with E-state index in [0.29, 0.717) is 19.4 Å². The van der Waals surface area contributed by atoms with Crippen molar-refractivity contribution in [1.82, 2.24) is 10.6 Å². The molecule has 1 aliphatic heterocycles. The lowest BCUT2D eigenvalue weighted by atomic mass is 10.0. The lowest BCUT2D eigenvalue weighted by Crippen LogP contribution is -2.51. The zero-order chi connectivity index (χ0) is 13.7. The Hall–Kier alpha value is -1.34. The van der Waals surface area contributed by atoms with Gasteiger partial charge >= 0.3 is 6.09 Å². The van der Waals surface area contributed by atoms with Gasteiger partial charge in [-0.25, -0.2) is 4.79 Å². The van der Waals surface area contributed by atoms with Crippen LogP contribution in [0.15, 0.2) is 0 Å². The predicted octanol–water partition coefficient (Wildman–Crippen LogP) is -0.108. The second-order valence-electron chi connectivity index (χ2n) is 4.80. The van der Waals surface area contributed by atoms with Gasteiger partial charge in [-0.15, -0.1) is 0 Å². The molecule has 0 bridgehead atoms. The van der Waals surface area contributed by atoms with Gasteiger partial charge in [-0.2, -0.15) is 0 Å². The Labute approximate surface area is 106 Å². The molecule has 1 saturated heterocycles. The van der Waals surface area contributed by atoms with Crippen LogP contribution in [-0.2, 0) is 9.53 Å². The van der Waals surface area contributed by atoms with Gasteiger partial charge in [-0.3, -0.25) is 4.79 Å². The second kappa shape index (κ2) is 6.55. The number of carbonyl (C=O) groups excluding carboxylic acids is 1. The van der Waals surface area contributed by atoms with E-state index in [1.165, 1.54) is 0 Å². The highest BCUT2D eigenvalue weighted by Crippen LogP contribution is 2.12. The largest absolute Gasteiger partial charge is 0.465 e. The fourth-order valence-corrected chi connectivity index (χ4v) is 1.85. The third-order valence-electron chi connectivity index (χ3n) is 2.71. The minimum absolute atomic E-state index is 0.178. The topological polar surface area (TPSA) is 108 Å². The van der Waals surface area contributed by atoms with Crippen LogP contribution in [0.1, 0.15) is 26.7 Å². The molecule has 1 rings (SSSR count). The Balaban J connectivity index is 2.54. The first-order valence-electron chi connectivity index (χ1n) is 5.99. The first kappa shape index (κ1) is 14.7. The zero-order valence-electron chi connectivity index (χ0n) is 10.5. The average molecular weight is 260 g/mol. The van der Waals surface area contributed by atoms with Gasteiger partial charge in [0.15, 0.2) is 6.29 Å². The van der Waals surface area contributed by atoms with E-state index in [9.17, 15) is 14.7 Å². The van der Waals surface area contributed by atoms with Crippen LogP contribution in [-0.4, -0.2) is 47.2 Å². The van der Waals surface area contributed by atoms with Gasteiger partial charge in [-0.1, -0.05) is 13.8 Å². The first-order chi connectivity index (χ1) is 8.40. The molecule has 1 unspecified atom stereocenters. The van der Waals surface area contributed by atoms with E-state index in [-0.39, 0.29) is 5.92 Å². The van der Waals surface area contributed by atoms with Gasteiger partial charge in [0.2, 0.25) is 5.91 Å². The first-order valence-corrected chi connectivity index (χ1v) is 5.99. The lowest BCUT2D eigenvalue weighted by Gasteiger charge is -2.22. The number of hydrogen-bond donors (Lipinski definition) is 4. The molecule has 104 valence electrons. The van der Waals surface area contributed by atoms with E-state index in [1.807, 2.05) is 13.8 Å². The fraction of sp³-hybridized carbons (Fsp3) is 0.818. The van der Waals surface area contributed by atoms with Crippen LogP contribution in [0.3, 0.4) is 0 Å². The van der Waals surface area contributed by atoms with Gasteiger partial charge in [0.05, 0.1) is 12.6 Å². The molecule has 1 fully saturated rings. The summed E-state index contributed by atoms with van der Waals surface area (Å²) in [6.07, 6.45) is -1.33. The average Bonchev–Trinajstić information content (AvgIpc) is 2.62. The number of hydrogen-bond acceptors (Lipinski definition) is 4. The Morgan fingerprint density at radius 1 is 1.44 bits per heavy atom. The number of ether oxygens (including phenoxy) is 1. The van der Waals surface area contributed by atoms with Gasteiger partial charge in [0.25, 0.3) is 0 Å². The maximum atomic E-state index is 11.9. The highest BCUT2D eigenvalue weighted by atomic mass is 16.6. The van der Waals surface area contributed by atoms with Crippen molar-refractivity contribution >= 4 is 12.0 Å². The van der Waals surface area contributed by atoms with E-state index in [0.717, 1.165) is 0 Å². The molecule has 0 aromatic rings.